The molecule has 0 saturated heterocycles. The maximum atomic E-state index is 2.50. The van der Waals surface area contributed by atoms with Gasteiger partial charge in [0.15, 0.2) is 0 Å². The average Bonchev–Trinajstić information content (AvgIpc) is 3.11. The molecule has 0 nitrogen and oxygen atoms in total. The molecule has 3 aromatic rings. The summed E-state index contributed by atoms with van der Waals surface area (Å²) >= 11 is 0. The SMILES string of the molecule is CC12c3ccccc3C3(C)c4ccccc4C(C)(c4ccccc41)C23. The van der Waals surface area contributed by atoms with Crippen LogP contribution in [0, 0.1) is 5.92 Å². The molecule has 3 aliphatic rings. The fourth-order valence-corrected chi connectivity index (χ4v) is 7.27. The van der Waals surface area contributed by atoms with Crippen LogP contribution in [0.5, 0.6) is 0 Å². The van der Waals surface area contributed by atoms with E-state index in [0.717, 1.165) is 0 Å². The van der Waals surface area contributed by atoms with Gasteiger partial charge in [0.2, 0.25) is 0 Å². The van der Waals surface area contributed by atoms with Gasteiger partial charge in [-0.15, -0.1) is 0 Å². The molecule has 0 aromatic heterocycles. The molecular weight excluding hydrogens is 300 g/mol. The van der Waals surface area contributed by atoms with E-state index in [4.69, 9.17) is 0 Å². The Hall–Kier alpha value is -2.34. The number of benzene rings is 3. The highest BCUT2D eigenvalue weighted by Crippen LogP contribution is 2.75. The van der Waals surface area contributed by atoms with Crippen LogP contribution in [0.2, 0.25) is 0 Å². The summed E-state index contributed by atoms with van der Waals surface area (Å²) in [6.45, 7) is 7.49. The van der Waals surface area contributed by atoms with Crippen LogP contribution in [0.15, 0.2) is 72.8 Å². The normalized spacial score (nSPS) is 35.9. The molecule has 0 N–H and O–H groups in total. The van der Waals surface area contributed by atoms with E-state index in [2.05, 4.69) is 93.6 Å². The molecule has 0 radical (unpaired) electrons. The molecule has 0 fully saturated rings. The van der Waals surface area contributed by atoms with E-state index in [0.29, 0.717) is 5.92 Å². The van der Waals surface area contributed by atoms with Crippen molar-refractivity contribution in [2.75, 3.05) is 0 Å². The maximum Gasteiger partial charge on any atom is 0.0232 e. The molecule has 122 valence electrons. The molecule has 3 aliphatic carbocycles. The third-order valence-electron chi connectivity index (χ3n) is 7.87. The first-order valence-electron chi connectivity index (χ1n) is 9.35. The highest BCUT2D eigenvalue weighted by atomic mass is 14.7. The van der Waals surface area contributed by atoms with E-state index >= 15 is 0 Å². The van der Waals surface area contributed by atoms with Crippen molar-refractivity contribution >= 4 is 0 Å². The second-order valence-electron chi connectivity index (χ2n) is 8.68. The monoisotopic (exact) mass is 322 g/mol. The first kappa shape index (κ1) is 13.9. The van der Waals surface area contributed by atoms with Crippen LogP contribution >= 0.6 is 0 Å². The fraction of sp³-hybridized carbons (Fsp3) is 0.280. The zero-order valence-corrected chi connectivity index (χ0v) is 15.0. The minimum Gasteiger partial charge on any atom is -0.0619 e. The Morgan fingerprint density at radius 2 is 0.640 bits per heavy atom. The minimum absolute atomic E-state index is 0.0791. The van der Waals surface area contributed by atoms with Gasteiger partial charge in [0.25, 0.3) is 0 Å². The third-order valence-corrected chi connectivity index (χ3v) is 7.87. The molecule has 0 atom stereocenters. The number of hydrogen-bond donors (Lipinski definition) is 0. The van der Waals surface area contributed by atoms with Gasteiger partial charge in [0.1, 0.15) is 0 Å². The Bertz CT molecular complexity index is 849. The predicted octanol–water partition coefficient (Wildman–Crippen LogP) is 5.56. The van der Waals surface area contributed by atoms with E-state index in [9.17, 15) is 0 Å². The van der Waals surface area contributed by atoms with Crippen molar-refractivity contribution in [3.8, 4) is 0 Å². The third kappa shape index (κ3) is 1.17. The van der Waals surface area contributed by atoms with E-state index in [1.165, 1.54) is 33.4 Å². The minimum atomic E-state index is 0.0791. The molecule has 25 heavy (non-hydrogen) atoms. The lowest BCUT2D eigenvalue weighted by Crippen LogP contribution is -2.39. The van der Waals surface area contributed by atoms with Gasteiger partial charge < -0.3 is 0 Å². The topological polar surface area (TPSA) is 0 Å². The number of fused-ring (bicyclic) bond motifs is 9. The van der Waals surface area contributed by atoms with Crippen molar-refractivity contribution in [3.05, 3.63) is 106 Å². The molecule has 0 heterocycles. The molecule has 0 amide bonds. The van der Waals surface area contributed by atoms with Crippen LogP contribution < -0.4 is 0 Å². The quantitative estimate of drug-likeness (QED) is 0.508. The summed E-state index contributed by atoms with van der Waals surface area (Å²) in [6.07, 6.45) is 0. The van der Waals surface area contributed by atoms with Gasteiger partial charge in [-0.2, -0.15) is 0 Å². The van der Waals surface area contributed by atoms with Crippen molar-refractivity contribution in [1.82, 2.24) is 0 Å². The number of rotatable bonds is 0. The van der Waals surface area contributed by atoms with Crippen LogP contribution in [0.3, 0.4) is 0 Å². The zero-order chi connectivity index (χ0) is 17.0. The fourth-order valence-electron chi connectivity index (χ4n) is 7.27. The summed E-state index contributed by atoms with van der Waals surface area (Å²) in [7, 11) is 0. The van der Waals surface area contributed by atoms with Gasteiger partial charge in [0, 0.05) is 16.2 Å². The lowest BCUT2D eigenvalue weighted by Gasteiger charge is -2.37. The van der Waals surface area contributed by atoms with E-state index in [1.54, 1.807) is 0 Å². The summed E-state index contributed by atoms with van der Waals surface area (Å²) in [5.74, 6) is 0.541. The molecule has 6 rings (SSSR count). The van der Waals surface area contributed by atoms with Crippen LogP contribution in [-0.2, 0) is 16.2 Å². The van der Waals surface area contributed by atoms with E-state index < -0.39 is 0 Å². The zero-order valence-electron chi connectivity index (χ0n) is 15.0. The lowest BCUT2D eigenvalue weighted by atomic mass is 9.64. The smallest absolute Gasteiger partial charge is 0.0232 e. The predicted molar refractivity (Wildman–Crippen MR) is 102 cm³/mol. The van der Waals surface area contributed by atoms with E-state index in [1.807, 2.05) is 0 Å². The standard InChI is InChI=1S/C25H22/c1-23-16-10-4-6-12-18(16)24(2)20-14-8-9-15-21(20)25(3,22(23)24)19-13-7-5-11-17(19)23/h4-15,22H,1-3H3. The van der Waals surface area contributed by atoms with Gasteiger partial charge in [-0.3, -0.25) is 0 Å². The summed E-state index contributed by atoms with van der Waals surface area (Å²) in [6, 6.07) is 27.6. The van der Waals surface area contributed by atoms with Gasteiger partial charge in [-0.25, -0.2) is 0 Å². The Labute approximate surface area is 149 Å². The Morgan fingerprint density at radius 1 is 0.440 bits per heavy atom. The van der Waals surface area contributed by atoms with Crippen molar-refractivity contribution < 1.29 is 0 Å². The average molecular weight is 322 g/mol. The molecular formula is C25H22. The lowest BCUT2D eigenvalue weighted by molar-refractivity contribution is 0.245. The van der Waals surface area contributed by atoms with Gasteiger partial charge in [-0.1, -0.05) is 93.6 Å². The molecule has 0 unspecified atom stereocenters. The Kier molecular flexibility index (Phi) is 2.17. The second-order valence-corrected chi connectivity index (χ2v) is 8.68. The number of hydrogen-bond acceptors (Lipinski definition) is 0. The molecule has 0 bridgehead atoms. The summed E-state index contributed by atoms with van der Waals surface area (Å²) in [5, 5.41) is 0. The van der Waals surface area contributed by atoms with Crippen molar-refractivity contribution in [2.45, 2.75) is 37.0 Å². The summed E-state index contributed by atoms with van der Waals surface area (Å²) in [5.41, 5.74) is 9.45. The van der Waals surface area contributed by atoms with Crippen molar-refractivity contribution in [1.29, 1.82) is 0 Å². The van der Waals surface area contributed by atoms with Crippen LogP contribution in [-0.4, -0.2) is 0 Å². The molecule has 0 aliphatic heterocycles. The first-order chi connectivity index (χ1) is 12.0. The van der Waals surface area contributed by atoms with E-state index in [-0.39, 0.29) is 16.2 Å². The summed E-state index contributed by atoms with van der Waals surface area (Å²) < 4.78 is 0. The highest BCUT2D eigenvalue weighted by Gasteiger charge is 2.72. The Balaban J connectivity index is 1.88. The van der Waals surface area contributed by atoms with Gasteiger partial charge in [-0.05, 0) is 39.3 Å². The van der Waals surface area contributed by atoms with Crippen molar-refractivity contribution in [2.24, 2.45) is 5.92 Å². The summed E-state index contributed by atoms with van der Waals surface area (Å²) in [4.78, 5) is 0. The maximum absolute atomic E-state index is 2.50. The Morgan fingerprint density at radius 3 is 0.840 bits per heavy atom. The molecule has 0 saturated carbocycles. The van der Waals surface area contributed by atoms with Gasteiger partial charge in [0.05, 0.1) is 0 Å². The highest BCUT2D eigenvalue weighted by molar-refractivity contribution is 5.73. The molecule has 3 aromatic carbocycles. The first-order valence-corrected chi connectivity index (χ1v) is 9.35. The molecule has 0 spiro atoms. The van der Waals surface area contributed by atoms with Crippen LogP contribution in [0.1, 0.15) is 54.2 Å². The van der Waals surface area contributed by atoms with Gasteiger partial charge >= 0.3 is 0 Å². The van der Waals surface area contributed by atoms with Crippen molar-refractivity contribution in [3.63, 3.8) is 0 Å². The second kappa shape index (κ2) is 3.90. The molecule has 0 heteroatoms. The largest absolute Gasteiger partial charge is 0.0619 e. The van der Waals surface area contributed by atoms with Crippen LogP contribution in [0.4, 0.5) is 0 Å². The van der Waals surface area contributed by atoms with Crippen LogP contribution in [0.25, 0.3) is 0 Å².